The number of alkyl halides is 2. The normalized spacial score (nSPS) is 11.2. The molecule has 2 aromatic rings. The first-order valence-electron chi connectivity index (χ1n) is 7.88. The summed E-state index contributed by atoms with van der Waals surface area (Å²) < 4.78 is 29.6. The largest absolute Gasteiger partial charge is 0.434 e. The van der Waals surface area contributed by atoms with Crippen LogP contribution in [-0.2, 0) is 13.0 Å². The lowest BCUT2D eigenvalue weighted by Gasteiger charge is -2.15. The molecule has 9 heteroatoms. The van der Waals surface area contributed by atoms with Crippen LogP contribution in [0.1, 0.15) is 21.0 Å². The van der Waals surface area contributed by atoms with Gasteiger partial charge in [-0.1, -0.05) is 17.7 Å². The highest BCUT2D eigenvalue weighted by Gasteiger charge is 2.10. The van der Waals surface area contributed by atoms with Crippen molar-refractivity contribution in [1.29, 1.82) is 0 Å². The molecule has 2 N–H and O–H groups in total. The van der Waals surface area contributed by atoms with Gasteiger partial charge < -0.3 is 15.4 Å². The number of rotatable bonds is 7. The van der Waals surface area contributed by atoms with Gasteiger partial charge in [-0.15, -0.1) is 35.3 Å². The van der Waals surface area contributed by atoms with Crippen LogP contribution in [0.4, 0.5) is 8.78 Å². The predicted molar refractivity (Wildman–Crippen MR) is 112 cm³/mol. The van der Waals surface area contributed by atoms with Crippen LogP contribution >= 0.6 is 35.3 Å². The molecule has 0 atom stereocenters. The molecule has 144 valence electrons. The molecule has 0 fully saturated rings. The number of hydrogen-bond donors (Lipinski definition) is 2. The molecule has 0 aliphatic rings. The molecule has 1 aromatic heterocycles. The van der Waals surface area contributed by atoms with Crippen molar-refractivity contribution in [3.8, 4) is 5.75 Å². The maximum Gasteiger partial charge on any atom is 0.387 e. The van der Waals surface area contributed by atoms with Crippen LogP contribution in [0.15, 0.2) is 29.4 Å². The fourth-order valence-corrected chi connectivity index (χ4v) is 3.05. The van der Waals surface area contributed by atoms with E-state index in [4.69, 9.17) is 0 Å². The third-order valence-electron chi connectivity index (χ3n) is 3.40. The molecule has 26 heavy (non-hydrogen) atoms. The van der Waals surface area contributed by atoms with Crippen molar-refractivity contribution in [2.45, 2.75) is 33.4 Å². The second-order valence-electron chi connectivity index (χ2n) is 5.46. The first-order valence-corrected chi connectivity index (χ1v) is 8.69. The van der Waals surface area contributed by atoms with E-state index in [0.717, 1.165) is 17.0 Å². The van der Waals surface area contributed by atoms with Crippen molar-refractivity contribution in [3.05, 3.63) is 45.4 Å². The summed E-state index contributed by atoms with van der Waals surface area (Å²) >= 11 is 1.67. The summed E-state index contributed by atoms with van der Waals surface area (Å²) in [6.07, 6.45) is 2.65. The van der Waals surface area contributed by atoms with E-state index in [1.165, 1.54) is 4.88 Å². The Morgan fingerprint density at radius 1 is 1.31 bits per heavy atom. The number of benzene rings is 1. The van der Waals surface area contributed by atoms with E-state index in [9.17, 15) is 8.78 Å². The van der Waals surface area contributed by atoms with Gasteiger partial charge in [0.1, 0.15) is 5.75 Å². The highest BCUT2D eigenvalue weighted by Crippen LogP contribution is 2.22. The smallest absolute Gasteiger partial charge is 0.387 e. The lowest BCUT2D eigenvalue weighted by atomic mass is 10.1. The van der Waals surface area contributed by atoms with Gasteiger partial charge in [-0.05, 0) is 19.9 Å². The van der Waals surface area contributed by atoms with Crippen molar-refractivity contribution in [3.63, 3.8) is 0 Å². The SMILES string of the molecule is CN=C(NCCc1ncc(C)s1)NCc1cc(C)ccc1OC(F)F.I. The third kappa shape index (κ3) is 7.40. The summed E-state index contributed by atoms with van der Waals surface area (Å²) in [5.41, 5.74) is 1.62. The van der Waals surface area contributed by atoms with E-state index in [0.29, 0.717) is 24.6 Å². The van der Waals surface area contributed by atoms with E-state index in [1.807, 2.05) is 26.1 Å². The average Bonchev–Trinajstić information content (AvgIpc) is 2.98. The van der Waals surface area contributed by atoms with Crippen molar-refractivity contribution >= 4 is 41.3 Å². The summed E-state index contributed by atoms with van der Waals surface area (Å²) in [7, 11) is 1.66. The van der Waals surface area contributed by atoms with Gasteiger partial charge in [0.2, 0.25) is 0 Å². The monoisotopic (exact) mass is 496 g/mol. The zero-order valence-corrected chi connectivity index (χ0v) is 18.0. The van der Waals surface area contributed by atoms with Gasteiger partial charge in [-0.2, -0.15) is 8.78 Å². The fraction of sp³-hybridized carbons (Fsp3) is 0.412. The number of aryl methyl sites for hydroxylation is 2. The zero-order valence-electron chi connectivity index (χ0n) is 14.9. The number of aliphatic imine (C=N–C) groups is 1. The highest BCUT2D eigenvalue weighted by molar-refractivity contribution is 14.0. The number of thiazole rings is 1. The number of nitrogens with zero attached hydrogens (tertiary/aromatic N) is 2. The van der Waals surface area contributed by atoms with Crippen molar-refractivity contribution < 1.29 is 13.5 Å². The lowest BCUT2D eigenvalue weighted by molar-refractivity contribution is -0.0504. The van der Waals surface area contributed by atoms with E-state index < -0.39 is 6.61 Å². The molecule has 0 saturated carbocycles. The highest BCUT2D eigenvalue weighted by atomic mass is 127. The second kappa shape index (κ2) is 11.3. The van der Waals surface area contributed by atoms with Crippen LogP contribution in [-0.4, -0.2) is 31.1 Å². The fourth-order valence-electron chi connectivity index (χ4n) is 2.26. The molecule has 0 unspecified atom stereocenters. The minimum absolute atomic E-state index is 0. The summed E-state index contributed by atoms with van der Waals surface area (Å²) in [5, 5.41) is 7.37. The predicted octanol–water partition coefficient (Wildman–Crippen LogP) is 3.89. The number of nitrogens with one attached hydrogen (secondary N) is 2. The molecule has 1 aromatic carbocycles. The molecular weight excluding hydrogens is 473 g/mol. The molecule has 0 spiro atoms. The Hall–Kier alpha value is -1.49. The molecule has 0 aliphatic heterocycles. The Morgan fingerprint density at radius 2 is 2.08 bits per heavy atom. The van der Waals surface area contributed by atoms with Gasteiger partial charge >= 0.3 is 6.61 Å². The number of ether oxygens (including phenoxy) is 1. The Labute approximate surface area is 173 Å². The quantitative estimate of drug-likeness (QED) is 0.347. The van der Waals surface area contributed by atoms with Gasteiger partial charge in [0.15, 0.2) is 5.96 Å². The first-order chi connectivity index (χ1) is 12.0. The van der Waals surface area contributed by atoms with Gasteiger partial charge in [-0.25, -0.2) is 4.98 Å². The summed E-state index contributed by atoms with van der Waals surface area (Å²) in [5.74, 6) is 0.764. The molecule has 0 aliphatic carbocycles. The van der Waals surface area contributed by atoms with Crippen LogP contribution in [0.3, 0.4) is 0 Å². The number of guanidine groups is 1. The maximum atomic E-state index is 12.5. The summed E-state index contributed by atoms with van der Waals surface area (Å²) in [6, 6.07) is 5.11. The zero-order chi connectivity index (χ0) is 18.2. The van der Waals surface area contributed by atoms with Gasteiger partial charge in [-0.3, -0.25) is 4.99 Å². The van der Waals surface area contributed by atoms with E-state index in [1.54, 1.807) is 30.5 Å². The molecule has 1 heterocycles. The van der Waals surface area contributed by atoms with Crippen LogP contribution in [0.2, 0.25) is 0 Å². The van der Waals surface area contributed by atoms with Crippen LogP contribution < -0.4 is 15.4 Å². The molecule has 5 nitrogen and oxygen atoms in total. The Morgan fingerprint density at radius 3 is 2.69 bits per heavy atom. The van der Waals surface area contributed by atoms with Crippen molar-refractivity contribution in [2.75, 3.05) is 13.6 Å². The van der Waals surface area contributed by atoms with E-state index in [-0.39, 0.29) is 29.7 Å². The van der Waals surface area contributed by atoms with Crippen molar-refractivity contribution in [1.82, 2.24) is 15.6 Å². The molecule has 0 amide bonds. The molecule has 0 saturated heterocycles. The van der Waals surface area contributed by atoms with E-state index in [2.05, 4.69) is 25.3 Å². The standard InChI is InChI=1S/C17H22F2N4OS.HI/c1-11-4-5-14(24-16(18)19)13(8-11)10-23-17(20-3)21-7-6-15-22-9-12(2)25-15;/h4-5,8-9,16H,6-7,10H2,1-3H3,(H2,20,21,23);1H. The minimum Gasteiger partial charge on any atom is -0.434 e. The minimum atomic E-state index is -2.85. The average molecular weight is 496 g/mol. The van der Waals surface area contributed by atoms with Gasteiger partial charge in [0, 0.05) is 43.2 Å². The lowest BCUT2D eigenvalue weighted by Crippen LogP contribution is -2.38. The van der Waals surface area contributed by atoms with Crippen molar-refractivity contribution in [2.24, 2.45) is 4.99 Å². The maximum absolute atomic E-state index is 12.5. The summed E-state index contributed by atoms with van der Waals surface area (Å²) in [6.45, 7) is 2.09. The Bertz CT molecular complexity index is 725. The number of hydrogen-bond acceptors (Lipinski definition) is 4. The van der Waals surface area contributed by atoms with Crippen LogP contribution in [0, 0.1) is 13.8 Å². The number of halogens is 3. The molecule has 0 bridgehead atoms. The second-order valence-corrected chi connectivity index (χ2v) is 6.78. The Kier molecular flexibility index (Phi) is 9.78. The van der Waals surface area contributed by atoms with Crippen LogP contribution in [0.5, 0.6) is 5.75 Å². The van der Waals surface area contributed by atoms with E-state index >= 15 is 0 Å². The van der Waals surface area contributed by atoms with Crippen LogP contribution in [0.25, 0.3) is 0 Å². The Balaban J connectivity index is 0.00000338. The molecule has 0 radical (unpaired) electrons. The molecular formula is C17H23F2IN4OS. The van der Waals surface area contributed by atoms with Gasteiger partial charge in [0.05, 0.1) is 5.01 Å². The summed E-state index contributed by atoms with van der Waals surface area (Å²) in [4.78, 5) is 9.64. The topological polar surface area (TPSA) is 58.5 Å². The van der Waals surface area contributed by atoms with Gasteiger partial charge in [0.25, 0.3) is 0 Å². The molecule has 2 rings (SSSR count). The number of aromatic nitrogens is 1. The third-order valence-corrected chi connectivity index (χ3v) is 4.37. The first kappa shape index (κ1) is 22.6.